The first-order valence-corrected chi connectivity index (χ1v) is 14.6. The summed E-state index contributed by atoms with van der Waals surface area (Å²) in [5.74, 6) is 1.86. The average Bonchev–Trinajstić information content (AvgIpc) is 2.95. The number of carbonyl (C=O) groups excluding carboxylic acids is 1. The Morgan fingerprint density at radius 1 is 0.634 bits per heavy atom. The van der Waals surface area contributed by atoms with E-state index < -0.39 is 5.24 Å². The smallest absolute Gasteiger partial charge is 0.252 e. The molecule has 0 aliphatic heterocycles. The second kappa shape index (κ2) is 12.7. The van der Waals surface area contributed by atoms with Crippen molar-refractivity contribution in [3.63, 3.8) is 0 Å². The molecule has 212 valence electrons. The molecule has 0 fully saturated rings. The van der Waals surface area contributed by atoms with E-state index in [0.717, 1.165) is 57.7 Å². The molecule has 4 aromatic rings. The lowest BCUT2D eigenvalue weighted by Crippen LogP contribution is -2.07. The molecule has 0 saturated heterocycles. The molecule has 8 bridgehead atoms. The molecular formula is C35H35ClO5. The van der Waals surface area contributed by atoms with Crippen molar-refractivity contribution in [1.29, 1.82) is 0 Å². The number of fused-ring (bicyclic) bond motifs is 8. The number of hydrogen-bond donors (Lipinski definition) is 2. The zero-order valence-electron chi connectivity index (χ0n) is 23.5. The van der Waals surface area contributed by atoms with E-state index in [-0.39, 0.29) is 11.5 Å². The van der Waals surface area contributed by atoms with Gasteiger partial charge in [-0.2, -0.15) is 0 Å². The van der Waals surface area contributed by atoms with Gasteiger partial charge in [-0.3, -0.25) is 4.79 Å². The number of phenolic OH excluding ortho intramolecular Hbond substituents is 2. The predicted molar refractivity (Wildman–Crippen MR) is 162 cm³/mol. The van der Waals surface area contributed by atoms with Crippen molar-refractivity contribution in [3.05, 3.63) is 117 Å². The van der Waals surface area contributed by atoms with Gasteiger partial charge in [0.2, 0.25) is 0 Å². The summed E-state index contributed by atoms with van der Waals surface area (Å²) < 4.78 is 12.6. The van der Waals surface area contributed by atoms with Gasteiger partial charge < -0.3 is 19.7 Å². The largest absolute Gasteiger partial charge is 0.507 e. The Labute approximate surface area is 246 Å². The fourth-order valence-electron chi connectivity index (χ4n) is 5.51. The van der Waals surface area contributed by atoms with Crippen LogP contribution in [-0.2, 0) is 25.7 Å². The second-order valence-corrected chi connectivity index (χ2v) is 10.9. The monoisotopic (exact) mass is 570 g/mol. The van der Waals surface area contributed by atoms with Crippen LogP contribution in [0.25, 0.3) is 0 Å². The first-order valence-electron chi connectivity index (χ1n) is 14.2. The van der Waals surface area contributed by atoms with Gasteiger partial charge in [-0.15, -0.1) is 0 Å². The van der Waals surface area contributed by atoms with Crippen LogP contribution in [0.4, 0.5) is 0 Å². The third-order valence-electron chi connectivity index (χ3n) is 7.48. The van der Waals surface area contributed by atoms with E-state index in [9.17, 15) is 15.0 Å². The van der Waals surface area contributed by atoms with Crippen LogP contribution in [-0.4, -0.2) is 28.7 Å². The Morgan fingerprint density at radius 3 is 1.34 bits per heavy atom. The zero-order valence-corrected chi connectivity index (χ0v) is 24.3. The molecule has 6 heteroatoms. The highest BCUT2D eigenvalue weighted by molar-refractivity contribution is 6.67. The van der Waals surface area contributed by atoms with Crippen LogP contribution in [0.15, 0.2) is 66.7 Å². The number of carbonyl (C=O) groups is 1. The molecule has 0 saturated carbocycles. The van der Waals surface area contributed by atoms with Gasteiger partial charge >= 0.3 is 0 Å². The lowest BCUT2D eigenvalue weighted by molar-refractivity contribution is 0.108. The number of phenols is 2. The average molecular weight is 571 g/mol. The minimum Gasteiger partial charge on any atom is -0.507 e. The molecule has 0 heterocycles. The van der Waals surface area contributed by atoms with Crippen LogP contribution in [0.3, 0.4) is 0 Å². The highest BCUT2D eigenvalue weighted by Gasteiger charge is 2.21. The van der Waals surface area contributed by atoms with E-state index in [4.69, 9.17) is 21.1 Å². The normalized spacial score (nSPS) is 12.6. The van der Waals surface area contributed by atoms with Crippen molar-refractivity contribution >= 4 is 16.8 Å². The maximum atomic E-state index is 12.4. The Kier molecular flexibility index (Phi) is 8.84. The fourth-order valence-corrected chi connectivity index (χ4v) is 5.61. The standard InChI is InChI=1S/C35H35ClO5/c1-3-14-40-33-24-10-6-12-26(33)18-28-20-30(35(36)39)21-29(32(28)38)19-27-13-7-11-25(34(27)41-15-4-2)17-23-9-5-8-22(16-24)31(23)37/h5-13,20-21,37-38H,3-4,14-19H2,1-2H3. The van der Waals surface area contributed by atoms with Crippen molar-refractivity contribution < 1.29 is 24.5 Å². The van der Waals surface area contributed by atoms with Gasteiger partial charge in [-0.25, -0.2) is 0 Å². The quantitative estimate of drug-likeness (QED) is 0.196. The Balaban J connectivity index is 1.75. The molecule has 0 radical (unpaired) electrons. The van der Waals surface area contributed by atoms with Crippen molar-refractivity contribution in [2.24, 2.45) is 0 Å². The molecule has 5 nitrogen and oxygen atoms in total. The lowest BCUT2D eigenvalue weighted by Gasteiger charge is -2.20. The summed E-state index contributed by atoms with van der Waals surface area (Å²) in [6.45, 7) is 5.17. The summed E-state index contributed by atoms with van der Waals surface area (Å²) in [6.07, 6.45) is 3.30. The topological polar surface area (TPSA) is 76.0 Å². The van der Waals surface area contributed by atoms with Crippen molar-refractivity contribution in [3.8, 4) is 23.0 Å². The van der Waals surface area contributed by atoms with Gasteiger partial charge in [0.05, 0.1) is 13.2 Å². The molecule has 2 N–H and O–H groups in total. The van der Waals surface area contributed by atoms with Crippen molar-refractivity contribution in [2.45, 2.75) is 52.4 Å². The van der Waals surface area contributed by atoms with E-state index in [2.05, 4.69) is 13.8 Å². The van der Waals surface area contributed by atoms with Gasteiger partial charge in [0.1, 0.15) is 23.0 Å². The number of halogens is 1. The third kappa shape index (κ3) is 6.20. The minimum atomic E-state index is -0.580. The zero-order chi connectivity index (χ0) is 28.9. The molecule has 1 aliphatic carbocycles. The molecule has 0 amide bonds. The first kappa shape index (κ1) is 28.6. The molecule has 1 aliphatic rings. The van der Waals surface area contributed by atoms with Crippen molar-refractivity contribution in [2.75, 3.05) is 13.2 Å². The van der Waals surface area contributed by atoms with E-state index >= 15 is 0 Å². The summed E-state index contributed by atoms with van der Waals surface area (Å²) in [6, 6.07) is 21.1. The molecule has 4 aromatic carbocycles. The summed E-state index contributed by atoms with van der Waals surface area (Å²) in [5.41, 5.74) is 6.77. The molecular weight excluding hydrogens is 536 g/mol. The highest BCUT2D eigenvalue weighted by atomic mass is 35.5. The number of hydrogen-bond acceptors (Lipinski definition) is 5. The van der Waals surface area contributed by atoms with Crippen LogP contribution in [0.5, 0.6) is 23.0 Å². The van der Waals surface area contributed by atoms with E-state index in [1.165, 1.54) is 0 Å². The number of ether oxygens (including phenoxy) is 2. The van der Waals surface area contributed by atoms with E-state index in [1.807, 2.05) is 54.6 Å². The maximum Gasteiger partial charge on any atom is 0.252 e. The van der Waals surface area contributed by atoms with Gasteiger partial charge in [0.25, 0.3) is 5.24 Å². The van der Waals surface area contributed by atoms with E-state index in [0.29, 0.717) is 55.6 Å². The summed E-state index contributed by atoms with van der Waals surface area (Å²) in [7, 11) is 0. The number of benzene rings is 4. The lowest BCUT2D eigenvalue weighted by atomic mass is 9.90. The predicted octanol–water partition coefficient (Wildman–Crippen LogP) is 7.73. The Bertz CT molecular complexity index is 1470. The molecule has 0 aromatic heterocycles. The number of aromatic hydroxyl groups is 2. The van der Waals surface area contributed by atoms with Gasteiger partial charge in [-0.1, -0.05) is 68.4 Å². The minimum absolute atomic E-state index is 0.125. The number of para-hydroxylation sites is 3. The number of rotatable bonds is 7. The van der Waals surface area contributed by atoms with Gasteiger partial charge in [-0.05, 0) is 81.1 Å². The molecule has 5 rings (SSSR count). The van der Waals surface area contributed by atoms with Crippen LogP contribution in [0.2, 0.25) is 0 Å². The van der Waals surface area contributed by atoms with Crippen molar-refractivity contribution in [1.82, 2.24) is 0 Å². The first-order chi connectivity index (χ1) is 19.9. The Hall–Kier alpha value is -3.96. The second-order valence-electron chi connectivity index (χ2n) is 10.6. The summed E-state index contributed by atoms with van der Waals surface area (Å²) in [4.78, 5) is 12.4. The van der Waals surface area contributed by atoms with Gasteiger partial charge in [0, 0.05) is 31.2 Å². The van der Waals surface area contributed by atoms with E-state index in [1.54, 1.807) is 12.1 Å². The van der Waals surface area contributed by atoms with Crippen LogP contribution in [0.1, 0.15) is 81.6 Å². The maximum absolute atomic E-state index is 12.4. The highest BCUT2D eigenvalue weighted by Crippen LogP contribution is 2.38. The van der Waals surface area contributed by atoms with Crippen LogP contribution >= 0.6 is 11.6 Å². The SMILES string of the molecule is CCCOc1c2cccc1Cc1cc(C(=O)Cl)cc(c1O)Cc1cccc(c1OCCC)Cc1cccc(c1O)C2. The molecule has 0 atom stereocenters. The van der Waals surface area contributed by atoms with Gasteiger partial charge in [0.15, 0.2) is 0 Å². The fraction of sp³-hybridized carbons (Fsp3) is 0.286. The van der Waals surface area contributed by atoms with Crippen LogP contribution < -0.4 is 9.47 Å². The molecule has 0 spiro atoms. The Morgan fingerprint density at radius 2 is 0.976 bits per heavy atom. The molecule has 0 unspecified atom stereocenters. The molecule has 41 heavy (non-hydrogen) atoms. The summed E-state index contributed by atoms with van der Waals surface area (Å²) in [5, 5.41) is 22.4. The van der Waals surface area contributed by atoms with Crippen LogP contribution in [0, 0.1) is 0 Å². The third-order valence-corrected chi connectivity index (χ3v) is 7.70. The summed E-state index contributed by atoms with van der Waals surface area (Å²) >= 11 is 5.98.